The van der Waals surface area contributed by atoms with Gasteiger partial charge in [-0.3, -0.25) is 0 Å². The van der Waals surface area contributed by atoms with Crippen LogP contribution in [0.4, 0.5) is 0 Å². The molecule has 4 aromatic carbocycles. The lowest BCUT2D eigenvalue weighted by Gasteiger charge is -2.18. The number of rotatable bonds is 17. The van der Waals surface area contributed by atoms with Crippen LogP contribution in [0.1, 0.15) is 65.4 Å². The lowest BCUT2D eigenvalue weighted by molar-refractivity contribution is 0.665. The van der Waals surface area contributed by atoms with Crippen molar-refractivity contribution in [3.8, 4) is 0 Å². The second kappa shape index (κ2) is 19.6. The highest BCUT2D eigenvalue weighted by Crippen LogP contribution is 2.36. The van der Waals surface area contributed by atoms with E-state index >= 15 is 0 Å². The SMILES string of the molecule is CCCCNCCSC(c1ccccc1)c1ccccc1.c1ccc(C(SCCNCC2CC2)c2ccccc2)cc1. The standard InChI is InChI=1S/C19H23NS.C19H25NS/c1-3-7-17(8-4-1)19(18-9-5-2-6-10-18)21-14-13-20-15-16-11-12-16;1-2-3-14-20-15-16-21-19(17-10-6-4-7-11-17)18-12-8-5-9-13-18/h1-10,16,19-20H,11-15H2;4-13,19-20H,2-3,14-16H2,1H3. The summed E-state index contributed by atoms with van der Waals surface area (Å²) in [5, 5.41) is 7.98. The van der Waals surface area contributed by atoms with E-state index in [1.807, 2.05) is 23.5 Å². The molecule has 0 spiro atoms. The zero-order chi connectivity index (χ0) is 29.1. The molecule has 0 heterocycles. The maximum atomic E-state index is 3.58. The van der Waals surface area contributed by atoms with Crippen LogP contribution in [0.25, 0.3) is 0 Å². The normalized spacial score (nSPS) is 12.7. The van der Waals surface area contributed by atoms with Gasteiger partial charge in [0.25, 0.3) is 0 Å². The molecule has 0 radical (unpaired) electrons. The largest absolute Gasteiger partial charge is 0.316 e. The van der Waals surface area contributed by atoms with Gasteiger partial charge in [0.15, 0.2) is 0 Å². The first-order valence-corrected chi connectivity index (χ1v) is 17.8. The average molecular weight is 597 g/mol. The van der Waals surface area contributed by atoms with Crippen LogP contribution in [0, 0.1) is 5.92 Å². The predicted molar refractivity (Wildman–Crippen MR) is 188 cm³/mol. The van der Waals surface area contributed by atoms with Gasteiger partial charge in [0, 0.05) is 24.6 Å². The van der Waals surface area contributed by atoms with Crippen molar-refractivity contribution in [3.63, 3.8) is 0 Å². The van der Waals surface area contributed by atoms with Gasteiger partial charge in [0.2, 0.25) is 0 Å². The highest BCUT2D eigenvalue weighted by atomic mass is 32.2. The number of thioether (sulfide) groups is 2. The highest BCUT2D eigenvalue weighted by molar-refractivity contribution is 8.00. The Labute approximate surface area is 263 Å². The molecule has 1 fully saturated rings. The molecule has 0 bridgehead atoms. The number of hydrogen-bond donors (Lipinski definition) is 2. The van der Waals surface area contributed by atoms with Crippen LogP contribution < -0.4 is 10.6 Å². The maximum Gasteiger partial charge on any atom is 0.0547 e. The first-order valence-electron chi connectivity index (χ1n) is 15.7. The topological polar surface area (TPSA) is 24.1 Å². The van der Waals surface area contributed by atoms with E-state index in [2.05, 4.69) is 139 Å². The highest BCUT2D eigenvalue weighted by Gasteiger charge is 2.20. The van der Waals surface area contributed by atoms with E-state index in [1.165, 1.54) is 54.5 Å². The molecule has 4 aromatic rings. The Bertz CT molecular complexity index is 1120. The molecule has 0 atom stereocenters. The van der Waals surface area contributed by atoms with Gasteiger partial charge in [-0.2, -0.15) is 0 Å². The van der Waals surface area contributed by atoms with Gasteiger partial charge in [-0.15, -0.1) is 23.5 Å². The van der Waals surface area contributed by atoms with Gasteiger partial charge < -0.3 is 10.6 Å². The molecule has 5 rings (SSSR count). The van der Waals surface area contributed by atoms with Crippen LogP contribution in [0.5, 0.6) is 0 Å². The minimum Gasteiger partial charge on any atom is -0.316 e. The molecule has 2 N–H and O–H groups in total. The Morgan fingerprint density at radius 1 is 0.548 bits per heavy atom. The van der Waals surface area contributed by atoms with Crippen molar-refractivity contribution in [3.05, 3.63) is 144 Å². The summed E-state index contributed by atoms with van der Waals surface area (Å²) in [6.07, 6.45) is 5.38. The van der Waals surface area contributed by atoms with E-state index < -0.39 is 0 Å². The van der Waals surface area contributed by atoms with Crippen LogP contribution in [0.15, 0.2) is 121 Å². The third-order valence-electron chi connectivity index (χ3n) is 7.37. The molecule has 1 aliphatic rings. The predicted octanol–water partition coefficient (Wildman–Crippen LogP) is 9.41. The van der Waals surface area contributed by atoms with Crippen LogP contribution in [-0.4, -0.2) is 37.7 Å². The van der Waals surface area contributed by atoms with Crippen LogP contribution in [0.3, 0.4) is 0 Å². The Hall–Kier alpha value is -2.50. The molecule has 0 saturated heterocycles. The fourth-order valence-corrected chi connectivity index (χ4v) is 7.23. The number of nitrogens with one attached hydrogen (secondary N) is 2. The van der Waals surface area contributed by atoms with Crippen molar-refractivity contribution in [1.29, 1.82) is 0 Å². The smallest absolute Gasteiger partial charge is 0.0547 e. The maximum absolute atomic E-state index is 3.58. The molecule has 0 aromatic heterocycles. The van der Waals surface area contributed by atoms with Gasteiger partial charge in [-0.25, -0.2) is 0 Å². The molecular weight excluding hydrogens is 549 g/mol. The summed E-state index contributed by atoms with van der Waals surface area (Å²) in [4.78, 5) is 0. The Kier molecular flexibility index (Phi) is 15.2. The molecule has 2 nitrogen and oxygen atoms in total. The quantitative estimate of drug-likeness (QED) is 0.119. The second-order valence-electron chi connectivity index (χ2n) is 10.9. The molecule has 222 valence electrons. The summed E-state index contributed by atoms with van der Waals surface area (Å²) in [6.45, 7) is 6.77. The summed E-state index contributed by atoms with van der Waals surface area (Å²) in [5.74, 6) is 3.26. The molecule has 0 aliphatic heterocycles. The second-order valence-corrected chi connectivity index (χ2v) is 13.3. The fraction of sp³-hybridized carbons (Fsp3) is 0.368. The zero-order valence-corrected chi connectivity index (χ0v) is 26.8. The van der Waals surface area contributed by atoms with E-state index in [1.54, 1.807) is 0 Å². The van der Waals surface area contributed by atoms with E-state index in [0.29, 0.717) is 10.5 Å². The lowest BCUT2D eigenvalue weighted by Crippen LogP contribution is -2.20. The van der Waals surface area contributed by atoms with Crippen molar-refractivity contribution in [2.24, 2.45) is 5.92 Å². The van der Waals surface area contributed by atoms with Crippen LogP contribution in [-0.2, 0) is 0 Å². The summed E-state index contributed by atoms with van der Waals surface area (Å²) < 4.78 is 0. The fourth-order valence-electron chi connectivity index (χ4n) is 4.83. The van der Waals surface area contributed by atoms with Crippen molar-refractivity contribution < 1.29 is 0 Å². The monoisotopic (exact) mass is 596 g/mol. The zero-order valence-electron chi connectivity index (χ0n) is 25.2. The van der Waals surface area contributed by atoms with Crippen molar-refractivity contribution in [2.75, 3.05) is 37.7 Å². The minimum absolute atomic E-state index is 0.431. The number of unbranched alkanes of at least 4 members (excludes halogenated alkanes) is 1. The first kappa shape index (κ1) is 32.4. The molecule has 42 heavy (non-hydrogen) atoms. The summed E-state index contributed by atoms with van der Waals surface area (Å²) >= 11 is 4.06. The third-order valence-corrected chi connectivity index (χ3v) is 10.0. The number of hydrogen-bond acceptors (Lipinski definition) is 4. The van der Waals surface area contributed by atoms with Crippen molar-refractivity contribution in [1.82, 2.24) is 10.6 Å². The number of benzene rings is 4. The van der Waals surface area contributed by atoms with Crippen LogP contribution >= 0.6 is 23.5 Å². The lowest BCUT2D eigenvalue weighted by atomic mass is 10.0. The third kappa shape index (κ3) is 12.0. The summed E-state index contributed by atoms with van der Waals surface area (Å²) in [5.41, 5.74) is 5.58. The summed E-state index contributed by atoms with van der Waals surface area (Å²) in [6, 6.07) is 43.3. The molecule has 1 aliphatic carbocycles. The Balaban J connectivity index is 0.000000193. The van der Waals surface area contributed by atoms with E-state index in [4.69, 9.17) is 0 Å². The van der Waals surface area contributed by atoms with Gasteiger partial charge in [0.1, 0.15) is 0 Å². The average Bonchev–Trinajstić information content (AvgIpc) is 3.89. The molecule has 4 heteroatoms. The van der Waals surface area contributed by atoms with E-state index in [-0.39, 0.29) is 0 Å². The first-order chi connectivity index (χ1) is 20.8. The van der Waals surface area contributed by atoms with Gasteiger partial charge in [0.05, 0.1) is 10.5 Å². The van der Waals surface area contributed by atoms with Crippen LogP contribution in [0.2, 0.25) is 0 Å². The van der Waals surface area contributed by atoms with E-state index in [0.717, 1.165) is 37.1 Å². The molecular formula is C38H48N2S2. The molecule has 0 amide bonds. The van der Waals surface area contributed by atoms with Crippen molar-refractivity contribution >= 4 is 23.5 Å². The van der Waals surface area contributed by atoms with Gasteiger partial charge >= 0.3 is 0 Å². The minimum atomic E-state index is 0.431. The Morgan fingerprint density at radius 2 is 0.929 bits per heavy atom. The van der Waals surface area contributed by atoms with Crippen molar-refractivity contribution in [2.45, 2.75) is 43.1 Å². The van der Waals surface area contributed by atoms with E-state index in [9.17, 15) is 0 Å². The summed E-state index contributed by atoms with van der Waals surface area (Å²) in [7, 11) is 0. The van der Waals surface area contributed by atoms with Gasteiger partial charge in [-0.05, 0) is 60.5 Å². The molecule has 1 saturated carbocycles. The molecule has 0 unspecified atom stereocenters. The van der Waals surface area contributed by atoms with Gasteiger partial charge in [-0.1, -0.05) is 135 Å². The Morgan fingerprint density at radius 3 is 1.29 bits per heavy atom.